The molecule has 5 nitrogen and oxygen atoms in total. The predicted molar refractivity (Wildman–Crippen MR) is 77.7 cm³/mol. The summed E-state index contributed by atoms with van der Waals surface area (Å²) in [5.74, 6) is 0.488. The zero-order valence-corrected chi connectivity index (χ0v) is 11.3. The number of rotatable bonds is 5. The number of nitrogens with one attached hydrogen (secondary N) is 1. The predicted octanol–water partition coefficient (Wildman–Crippen LogP) is 1.78. The first kappa shape index (κ1) is 13.9. The normalized spacial score (nSPS) is 10.1. The zero-order valence-electron chi connectivity index (χ0n) is 11.3. The van der Waals surface area contributed by atoms with Crippen LogP contribution in [0, 0.1) is 6.92 Å². The fourth-order valence-corrected chi connectivity index (χ4v) is 1.73. The molecule has 2 aromatic rings. The summed E-state index contributed by atoms with van der Waals surface area (Å²) >= 11 is 0. The van der Waals surface area contributed by atoms with Crippen molar-refractivity contribution in [2.24, 2.45) is 0 Å². The van der Waals surface area contributed by atoms with E-state index in [-0.39, 0.29) is 5.91 Å². The maximum atomic E-state index is 11.9. The monoisotopic (exact) mass is 271 g/mol. The standard InChI is InChI=1S/C15H17N3O2/c1-11-10-12(6-7-17-11)15(19)18-8-9-20-14-5-3-2-4-13(14)16/h2-7,10H,8-9,16H2,1H3,(H,18,19). The van der Waals surface area contributed by atoms with Crippen LogP contribution >= 0.6 is 0 Å². The van der Waals surface area contributed by atoms with Gasteiger partial charge in [-0.15, -0.1) is 0 Å². The summed E-state index contributed by atoms with van der Waals surface area (Å²) in [7, 11) is 0. The molecule has 0 bridgehead atoms. The average molecular weight is 271 g/mol. The lowest BCUT2D eigenvalue weighted by Gasteiger charge is -2.09. The highest BCUT2D eigenvalue weighted by Gasteiger charge is 2.05. The molecule has 20 heavy (non-hydrogen) atoms. The first-order chi connectivity index (χ1) is 9.66. The number of hydrogen-bond donors (Lipinski definition) is 2. The van der Waals surface area contributed by atoms with Gasteiger partial charge in [-0.3, -0.25) is 9.78 Å². The number of amides is 1. The Morgan fingerprint density at radius 2 is 2.15 bits per heavy atom. The van der Waals surface area contributed by atoms with E-state index in [4.69, 9.17) is 10.5 Å². The second-order valence-corrected chi connectivity index (χ2v) is 4.33. The number of aryl methyl sites for hydroxylation is 1. The van der Waals surface area contributed by atoms with Gasteiger partial charge in [0.1, 0.15) is 12.4 Å². The van der Waals surface area contributed by atoms with Crippen molar-refractivity contribution in [1.29, 1.82) is 0 Å². The summed E-state index contributed by atoms with van der Waals surface area (Å²) in [5.41, 5.74) is 7.74. The second kappa shape index (κ2) is 6.56. The van der Waals surface area contributed by atoms with Crippen LogP contribution in [0.25, 0.3) is 0 Å². The smallest absolute Gasteiger partial charge is 0.251 e. The van der Waals surface area contributed by atoms with Crippen LogP contribution in [0.15, 0.2) is 42.6 Å². The van der Waals surface area contributed by atoms with Crippen molar-refractivity contribution in [3.8, 4) is 5.75 Å². The van der Waals surface area contributed by atoms with Gasteiger partial charge in [0.25, 0.3) is 5.91 Å². The minimum Gasteiger partial charge on any atom is -0.490 e. The van der Waals surface area contributed by atoms with Crippen molar-refractivity contribution < 1.29 is 9.53 Å². The Kier molecular flexibility index (Phi) is 4.55. The number of anilines is 1. The lowest BCUT2D eigenvalue weighted by Crippen LogP contribution is -2.28. The number of pyridine rings is 1. The second-order valence-electron chi connectivity index (χ2n) is 4.33. The molecular weight excluding hydrogens is 254 g/mol. The van der Waals surface area contributed by atoms with Crippen LogP contribution in [0.5, 0.6) is 5.75 Å². The minimum atomic E-state index is -0.139. The lowest BCUT2D eigenvalue weighted by atomic mass is 10.2. The Balaban J connectivity index is 1.79. The third-order valence-corrected chi connectivity index (χ3v) is 2.72. The molecule has 0 radical (unpaired) electrons. The van der Waals surface area contributed by atoms with Crippen molar-refractivity contribution >= 4 is 11.6 Å². The van der Waals surface area contributed by atoms with Crippen LogP contribution in [0.3, 0.4) is 0 Å². The number of hydrogen-bond acceptors (Lipinski definition) is 4. The minimum absolute atomic E-state index is 0.139. The van der Waals surface area contributed by atoms with Gasteiger partial charge in [-0.05, 0) is 31.2 Å². The fraction of sp³-hybridized carbons (Fsp3) is 0.200. The van der Waals surface area contributed by atoms with Crippen LogP contribution < -0.4 is 15.8 Å². The van der Waals surface area contributed by atoms with Crippen LogP contribution in [0.4, 0.5) is 5.69 Å². The molecule has 0 aliphatic heterocycles. The van der Waals surface area contributed by atoms with E-state index in [0.717, 1.165) is 5.69 Å². The molecule has 0 saturated carbocycles. The molecule has 1 heterocycles. The number of nitrogens with zero attached hydrogens (tertiary/aromatic N) is 1. The van der Waals surface area contributed by atoms with E-state index in [0.29, 0.717) is 30.2 Å². The number of aromatic nitrogens is 1. The molecule has 0 atom stereocenters. The van der Waals surface area contributed by atoms with Gasteiger partial charge >= 0.3 is 0 Å². The van der Waals surface area contributed by atoms with E-state index in [1.165, 1.54) is 0 Å². The molecule has 5 heteroatoms. The third kappa shape index (κ3) is 3.71. The maximum Gasteiger partial charge on any atom is 0.251 e. The zero-order chi connectivity index (χ0) is 14.4. The summed E-state index contributed by atoms with van der Waals surface area (Å²) in [6.07, 6.45) is 1.62. The van der Waals surface area contributed by atoms with Gasteiger partial charge in [0.2, 0.25) is 0 Å². The fourth-order valence-electron chi connectivity index (χ4n) is 1.73. The van der Waals surface area contributed by atoms with Crippen molar-refractivity contribution in [3.05, 3.63) is 53.9 Å². The van der Waals surface area contributed by atoms with Gasteiger partial charge in [-0.2, -0.15) is 0 Å². The van der Waals surface area contributed by atoms with Gasteiger partial charge < -0.3 is 15.8 Å². The van der Waals surface area contributed by atoms with E-state index in [1.54, 1.807) is 30.5 Å². The maximum absolute atomic E-state index is 11.9. The Morgan fingerprint density at radius 3 is 2.90 bits per heavy atom. The van der Waals surface area contributed by atoms with Crippen molar-refractivity contribution in [3.63, 3.8) is 0 Å². The summed E-state index contributed by atoms with van der Waals surface area (Å²) in [5, 5.41) is 2.78. The van der Waals surface area contributed by atoms with Gasteiger partial charge in [0, 0.05) is 17.5 Å². The number of ether oxygens (including phenoxy) is 1. The molecule has 1 amide bonds. The SMILES string of the molecule is Cc1cc(C(=O)NCCOc2ccccc2N)ccn1. The molecule has 0 unspecified atom stereocenters. The van der Waals surface area contributed by atoms with Gasteiger partial charge in [-0.25, -0.2) is 0 Å². The largest absolute Gasteiger partial charge is 0.490 e. The molecule has 3 N–H and O–H groups in total. The Bertz CT molecular complexity index is 599. The molecule has 1 aromatic carbocycles. The van der Waals surface area contributed by atoms with Crippen LogP contribution in [-0.2, 0) is 0 Å². The summed E-state index contributed by atoms with van der Waals surface area (Å²) in [6.45, 7) is 2.62. The molecule has 2 rings (SSSR count). The summed E-state index contributed by atoms with van der Waals surface area (Å²) in [6, 6.07) is 10.7. The molecule has 0 fully saturated rings. The first-order valence-electron chi connectivity index (χ1n) is 6.35. The number of benzene rings is 1. The highest BCUT2D eigenvalue weighted by Crippen LogP contribution is 2.19. The molecule has 0 saturated heterocycles. The highest BCUT2D eigenvalue weighted by atomic mass is 16.5. The molecule has 0 aliphatic rings. The van der Waals surface area contributed by atoms with Crippen molar-refractivity contribution in [2.45, 2.75) is 6.92 Å². The first-order valence-corrected chi connectivity index (χ1v) is 6.35. The van der Waals surface area contributed by atoms with Crippen molar-refractivity contribution in [2.75, 3.05) is 18.9 Å². The van der Waals surface area contributed by atoms with Crippen LogP contribution in [-0.4, -0.2) is 24.0 Å². The van der Waals surface area contributed by atoms with Crippen molar-refractivity contribution in [1.82, 2.24) is 10.3 Å². The molecule has 0 aliphatic carbocycles. The van der Waals surface area contributed by atoms with Gasteiger partial charge in [-0.1, -0.05) is 12.1 Å². The Hall–Kier alpha value is -2.56. The summed E-state index contributed by atoms with van der Waals surface area (Å²) in [4.78, 5) is 15.9. The molecule has 104 valence electrons. The van der Waals surface area contributed by atoms with Gasteiger partial charge in [0.15, 0.2) is 0 Å². The quantitative estimate of drug-likeness (QED) is 0.642. The number of para-hydroxylation sites is 2. The van der Waals surface area contributed by atoms with E-state index in [1.807, 2.05) is 19.1 Å². The van der Waals surface area contributed by atoms with Crippen LogP contribution in [0.2, 0.25) is 0 Å². The highest BCUT2D eigenvalue weighted by molar-refractivity contribution is 5.94. The molecular formula is C15H17N3O2. The number of carbonyl (C=O) groups excluding carboxylic acids is 1. The van der Waals surface area contributed by atoms with E-state index in [9.17, 15) is 4.79 Å². The molecule has 0 spiro atoms. The topological polar surface area (TPSA) is 77.2 Å². The average Bonchev–Trinajstić information content (AvgIpc) is 2.45. The van der Waals surface area contributed by atoms with E-state index >= 15 is 0 Å². The number of carbonyl (C=O) groups is 1. The number of nitrogen functional groups attached to an aromatic ring is 1. The van der Waals surface area contributed by atoms with E-state index in [2.05, 4.69) is 10.3 Å². The third-order valence-electron chi connectivity index (χ3n) is 2.72. The van der Waals surface area contributed by atoms with E-state index < -0.39 is 0 Å². The Morgan fingerprint density at radius 1 is 1.35 bits per heavy atom. The van der Waals surface area contributed by atoms with Gasteiger partial charge in [0.05, 0.1) is 12.2 Å². The Labute approximate surface area is 117 Å². The summed E-state index contributed by atoms with van der Waals surface area (Å²) < 4.78 is 5.49. The molecule has 1 aromatic heterocycles. The number of nitrogens with two attached hydrogens (primary N) is 1. The van der Waals surface area contributed by atoms with Crippen LogP contribution in [0.1, 0.15) is 16.1 Å². The lowest BCUT2D eigenvalue weighted by molar-refractivity contribution is 0.0947.